The third-order valence-electron chi connectivity index (χ3n) is 2.66. The zero-order valence-electron chi connectivity index (χ0n) is 10.6. The summed E-state index contributed by atoms with van der Waals surface area (Å²) in [4.78, 5) is 13.9. The molecule has 0 unspecified atom stereocenters. The second-order valence-electron chi connectivity index (χ2n) is 3.99. The first-order valence-electron chi connectivity index (χ1n) is 5.61. The molecule has 1 heterocycles. The number of benzene rings is 1. The van der Waals surface area contributed by atoms with Crippen LogP contribution in [0.25, 0.3) is 0 Å². The van der Waals surface area contributed by atoms with Crippen LogP contribution in [0.3, 0.4) is 0 Å². The molecule has 0 bridgehead atoms. The van der Waals surface area contributed by atoms with Crippen molar-refractivity contribution in [2.24, 2.45) is 0 Å². The third kappa shape index (κ3) is 2.98. The Morgan fingerprint density at radius 1 is 1.52 bits per heavy atom. The molecule has 0 aliphatic carbocycles. The normalized spacial score (nSPS) is 10.0. The molecule has 2 aromatic rings. The average Bonchev–Trinajstić information content (AvgIpc) is 2.47. The van der Waals surface area contributed by atoms with Crippen molar-refractivity contribution in [2.45, 2.75) is 6.92 Å². The fourth-order valence-electron chi connectivity index (χ4n) is 1.62. The molecule has 0 amide bonds. The minimum atomic E-state index is -0.880. The smallest absolute Gasteiger partial charge is 0.276 e. The van der Waals surface area contributed by atoms with Gasteiger partial charge < -0.3 is 4.74 Å². The van der Waals surface area contributed by atoms with Gasteiger partial charge in [0.15, 0.2) is 11.6 Å². The molecule has 0 fully saturated rings. The van der Waals surface area contributed by atoms with Crippen LogP contribution in [0, 0.1) is 34.2 Å². The Bertz CT molecular complexity index is 774. The van der Waals surface area contributed by atoms with Crippen LogP contribution in [0.15, 0.2) is 28.9 Å². The molecule has 0 saturated heterocycles. The van der Waals surface area contributed by atoms with E-state index in [2.05, 4.69) is 20.9 Å². The molecule has 1 aromatic carbocycles. The maximum Gasteiger partial charge on any atom is 0.276 e. The molecule has 0 radical (unpaired) electrons. The fraction of sp³-hybridized carbons (Fsp3) is 0.0769. The molecule has 2 rings (SSSR count). The molecule has 0 aliphatic heterocycles. The average molecular weight is 352 g/mol. The first kappa shape index (κ1) is 14.9. The van der Waals surface area contributed by atoms with E-state index in [0.717, 1.165) is 6.07 Å². The molecule has 21 heavy (non-hydrogen) atoms. The fourth-order valence-corrected chi connectivity index (χ4v) is 2.09. The standard InChI is InChI=1S/C13H7BrFN3O3/c1-7-11(18(19)20)5-10(15)13(12(7)14)21-9-2-3-17-8(4-9)6-16/h2-5H,1H3. The second kappa shape index (κ2) is 5.85. The van der Waals surface area contributed by atoms with Crippen molar-refractivity contribution in [1.29, 1.82) is 5.26 Å². The SMILES string of the molecule is Cc1c([N+](=O)[O-])cc(F)c(Oc2ccnc(C#N)c2)c1Br. The van der Waals surface area contributed by atoms with Crippen molar-refractivity contribution in [3.8, 4) is 17.6 Å². The maximum absolute atomic E-state index is 14.0. The Morgan fingerprint density at radius 2 is 2.24 bits per heavy atom. The maximum atomic E-state index is 14.0. The van der Waals surface area contributed by atoms with Crippen molar-refractivity contribution in [2.75, 3.05) is 0 Å². The molecular weight excluding hydrogens is 345 g/mol. The number of nitro benzene ring substituents is 1. The van der Waals surface area contributed by atoms with Crippen molar-refractivity contribution in [3.63, 3.8) is 0 Å². The van der Waals surface area contributed by atoms with Crippen LogP contribution in [0.4, 0.5) is 10.1 Å². The quantitative estimate of drug-likeness (QED) is 0.618. The van der Waals surface area contributed by atoms with Crippen LogP contribution in [0.5, 0.6) is 11.5 Å². The third-order valence-corrected chi connectivity index (χ3v) is 3.61. The summed E-state index contributed by atoms with van der Waals surface area (Å²) in [5, 5.41) is 19.6. The van der Waals surface area contributed by atoms with Crippen LogP contribution < -0.4 is 4.74 Å². The van der Waals surface area contributed by atoms with E-state index in [0.29, 0.717) is 0 Å². The number of nitriles is 1. The number of aromatic nitrogens is 1. The number of ether oxygens (including phenoxy) is 1. The monoisotopic (exact) mass is 351 g/mol. The zero-order valence-corrected chi connectivity index (χ0v) is 12.2. The number of hydrogen-bond acceptors (Lipinski definition) is 5. The number of hydrogen-bond donors (Lipinski definition) is 0. The lowest BCUT2D eigenvalue weighted by atomic mass is 10.2. The Labute approximate surface area is 127 Å². The van der Waals surface area contributed by atoms with Gasteiger partial charge in [-0.15, -0.1) is 0 Å². The summed E-state index contributed by atoms with van der Waals surface area (Å²) in [6.07, 6.45) is 1.35. The molecule has 8 heteroatoms. The summed E-state index contributed by atoms with van der Waals surface area (Å²) < 4.78 is 19.5. The summed E-state index contributed by atoms with van der Waals surface area (Å²) in [5.74, 6) is -0.864. The number of nitrogens with zero attached hydrogens (tertiary/aromatic N) is 3. The number of rotatable bonds is 3. The highest BCUT2D eigenvalue weighted by atomic mass is 79.9. The lowest BCUT2D eigenvalue weighted by molar-refractivity contribution is -0.385. The number of nitro groups is 1. The summed E-state index contributed by atoms with van der Waals surface area (Å²) >= 11 is 3.09. The Morgan fingerprint density at radius 3 is 2.86 bits per heavy atom. The van der Waals surface area contributed by atoms with Crippen molar-refractivity contribution < 1.29 is 14.1 Å². The molecule has 106 valence electrons. The van der Waals surface area contributed by atoms with Gasteiger partial charge in [0.25, 0.3) is 5.69 Å². The highest BCUT2D eigenvalue weighted by molar-refractivity contribution is 9.10. The van der Waals surface area contributed by atoms with Crippen LogP contribution in [0.2, 0.25) is 0 Å². The molecular formula is C13H7BrFN3O3. The topological polar surface area (TPSA) is 89.1 Å². The van der Waals surface area contributed by atoms with Gasteiger partial charge in [0.2, 0.25) is 0 Å². The number of halogens is 2. The van der Waals surface area contributed by atoms with E-state index >= 15 is 0 Å². The Balaban J connectivity index is 2.48. The highest BCUT2D eigenvalue weighted by Gasteiger charge is 2.22. The van der Waals surface area contributed by atoms with Crippen LogP contribution in [-0.2, 0) is 0 Å². The lowest BCUT2D eigenvalue weighted by Gasteiger charge is -2.11. The summed E-state index contributed by atoms with van der Waals surface area (Å²) in [7, 11) is 0. The molecule has 0 spiro atoms. The summed E-state index contributed by atoms with van der Waals surface area (Å²) in [6, 6.07) is 5.41. The van der Waals surface area contributed by atoms with E-state index < -0.39 is 10.7 Å². The molecule has 0 N–H and O–H groups in total. The van der Waals surface area contributed by atoms with E-state index in [-0.39, 0.29) is 32.9 Å². The van der Waals surface area contributed by atoms with Crippen molar-refractivity contribution >= 4 is 21.6 Å². The van der Waals surface area contributed by atoms with Crippen LogP contribution in [0.1, 0.15) is 11.3 Å². The lowest BCUT2D eigenvalue weighted by Crippen LogP contribution is -1.98. The molecule has 1 aromatic heterocycles. The Kier molecular flexibility index (Phi) is 4.14. The van der Waals surface area contributed by atoms with Gasteiger partial charge in [0, 0.05) is 17.8 Å². The minimum Gasteiger partial charge on any atom is -0.453 e. The second-order valence-corrected chi connectivity index (χ2v) is 4.79. The predicted octanol–water partition coefficient (Wildman–Crippen LogP) is 3.86. The largest absolute Gasteiger partial charge is 0.453 e. The molecule has 6 nitrogen and oxygen atoms in total. The van der Waals surface area contributed by atoms with Gasteiger partial charge in [0.1, 0.15) is 17.5 Å². The first-order valence-corrected chi connectivity index (χ1v) is 6.40. The number of pyridine rings is 1. The predicted molar refractivity (Wildman–Crippen MR) is 74.5 cm³/mol. The Hall–Kier alpha value is -2.53. The van der Waals surface area contributed by atoms with Crippen LogP contribution in [-0.4, -0.2) is 9.91 Å². The van der Waals surface area contributed by atoms with Gasteiger partial charge in [-0.3, -0.25) is 10.1 Å². The van der Waals surface area contributed by atoms with E-state index in [4.69, 9.17) is 10.00 Å². The van der Waals surface area contributed by atoms with Gasteiger partial charge in [-0.2, -0.15) is 5.26 Å². The van der Waals surface area contributed by atoms with Gasteiger partial charge in [-0.25, -0.2) is 9.37 Å². The van der Waals surface area contributed by atoms with E-state index in [1.54, 1.807) is 0 Å². The molecule has 0 atom stereocenters. The van der Waals surface area contributed by atoms with Gasteiger partial charge in [-0.05, 0) is 28.9 Å². The van der Waals surface area contributed by atoms with Crippen molar-refractivity contribution in [1.82, 2.24) is 4.98 Å². The van der Waals surface area contributed by atoms with Crippen LogP contribution >= 0.6 is 15.9 Å². The highest BCUT2D eigenvalue weighted by Crippen LogP contribution is 2.39. The van der Waals surface area contributed by atoms with Gasteiger partial charge in [-0.1, -0.05) is 0 Å². The van der Waals surface area contributed by atoms with E-state index in [1.807, 2.05) is 6.07 Å². The zero-order chi connectivity index (χ0) is 15.6. The van der Waals surface area contributed by atoms with Crippen molar-refractivity contribution in [3.05, 3.63) is 56.1 Å². The van der Waals surface area contributed by atoms with E-state index in [9.17, 15) is 14.5 Å². The molecule has 0 aliphatic rings. The van der Waals surface area contributed by atoms with Gasteiger partial charge >= 0.3 is 0 Å². The van der Waals surface area contributed by atoms with Gasteiger partial charge in [0.05, 0.1) is 15.5 Å². The first-order chi connectivity index (χ1) is 9.93. The summed E-state index contributed by atoms with van der Waals surface area (Å²) in [6.45, 7) is 1.47. The summed E-state index contributed by atoms with van der Waals surface area (Å²) in [5.41, 5.74) is 0.00722. The molecule has 0 saturated carbocycles. The van der Waals surface area contributed by atoms with E-state index in [1.165, 1.54) is 25.3 Å². The minimum absolute atomic E-state index is 0.114.